The van der Waals surface area contributed by atoms with Crippen molar-refractivity contribution >= 4 is 11.6 Å². The Morgan fingerprint density at radius 2 is 1.82 bits per heavy atom. The van der Waals surface area contributed by atoms with Gasteiger partial charge in [0.25, 0.3) is 5.91 Å². The van der Waals surface area contributed by atoms with Crippen LogP contribution in [0, 0.1) is 18.6 Å². The molecule has 5 rings (SSSR count). The number of ether oxygens (including phenoxy) is 2. The van der Waals surface area contributed by atoms with Crippen LogP contribution in [-0.2, 0) is 6.42 Å². The predicted octanol–water partition coefficient (Wildman–Crippen LogP) is 6.17. The van der Waals surface area contributed by atoms with Crippen LogP contribution in [0.3, 0.4) is 0 Å². The van der Waals surface area contributed by atoms with Crippen molar-refractivity contribution in [1.29, 1.82) is 0 Å². The van der Waals surface area contributed by atoms with E-state index >= 15 is 0 Å². The quantitative estimate of drug-likeness (QED) is 0.268. The number of aryl methyl sites for hydroxylation is 2. The molecule has 1 N–H and O–H groups in total. The van der Waals surface area contributed by atoms with Crippen LogP contribution < -0.4 is 14.8 Å². The summed E-state index contributed by atoms with van der Waals surface area (Å²) in [6.07, 6.45) is -2.68. The number of methoxy groups -OCH3 is 1. The van der Waals surface area contributed by atoms with Crippen LogP contribution in [0.4, 0.5) is 22.0 Å². The summed E-state index contributed by atoms with van der Waals surface area (Å²) in [6.45, 7) is 1.77. The topological polar surface area (TPSA) is 77.8 Å². The first kappa shape index (κ1) is 26.4. The number of carbonyl (C=O) groups is 1. The van der Waals surface area contributed by atoms with Gasteiger partial charge in [-0.05, 0) is 56.0 Å². The number of halogens is 5. The van der Waals surface area contributed by atoms with Gasteiger partial charge in [0.15, 0.2) is 17.1 Å². The van der Waals surface area contributed by atoms with Crippen molar-refractivity contribution in [3.05, 3.63) is 70.9 Å². The number of rotatable bonds is 8. The molecule has 2 aromatic heterocycles. The van der Waals surface area contributed by atoms with E-state index < -0.39 is 36.4 Å². The van der Waals surface area contributed by atoms with Gasteiger partial charge in [0, 0.05) is 35.2 Å². The first-order valence-electron chi connectivity index (χ1n) is 12.1. The van der Waals surface area contributed by atoms with E-state index in [-0.39, 0.29) is 34.8 Å². The highest BCUT2D eigenvalue weighted by Crippen LogP contribution is 2.33. The van der Waals surface area contributed by atoms with Crippen LogP contribution in [-0.4, -0.2) is 39.8 Å². The lowest BCUT2D eigenvalue weighted by molar-refractivity contribution is -0.133. The molecule has 0 bridgehead atoms. The van der Waals surface area contributed by atoms with Gasteiger partial charge in [-0.15, -0.1) is 5.10 Å². The second kappa shape index (κ2) is 10.2. The van der Waals surface area contributed by atoms with Crippen LogP contribution in [0.1, 0.15) is 40.7 Å². The van der Waals surface area contributed by atoms with Crippen LogP contribution in [0.15, 0.2) is 42.6 Å². The number of amides is 1. The Morgan fingerprint density at radius 3 is 2.49 bits per heavy atom. The molecule has 7 nitrogen and oxygen atoms in total. The van der Waals surface area contributed by atoms with Gasteiger partial charge in [-0.2, -0.15) is 22.0 Å². The monoisotopic (exact) mass is 546 g/mol. The molecular formula is C27H23F5N4O3. The number of nitrogens with zero attached hydrogens (tertiary/aromatic N) is 3. The Labute approximate surface area is 219 Å². The van der Waals surface area contributed by atoms with E-state index in [1.54, 1.807) is 25.1 Å². The van der Waals surface area contributed by atoms with E-state index in [1.807, 2.05) is 0 Å². The number of alkyl halides is 3. The molecule has 2 heterocycles. The fraction of sp³-hybridized carbons (Fsp3) is 0.296. The molecule has 0 saturated heterocycles. The zero-order valence-corrected chi connectivity index (χ0v) is 20.9. The molecule has 0 aliphatic heterocycles. The second-order valence-corrected chi connectivity index (χ2v) is 9.28. The van der Waals surface area contributed by atoms with Crippen LogP contribution in [0.25, 0.3) is 16.9 Å². The van der Waals surface area contributed by atoms with Crippen molar-refractivity contribution in [2.45, 2.75) is 44.8 Å². The molecule has 204 valence electrons. The molecule has 0 radical (unpaired) electrons. The average Bonchev–Trinajstić information content (AvgIpc) is 3.60. The maximum absolute atomic E-state index is 14.6. The zero-order chi connectivity index (χ0) is 27.9. The standard InChI is InChI=1S/C27H23F5N4O3/c1-14-11-15(3-6-18(14)26(37)34-17-4-5-17)19-13-33-25-16(9-10-27(30,31)32)12-22(35-36(19)25)39-21-8-7-20(38-2)23(28)24(21)29/h3,6-8,11-13,17H,4-5,9-10H2,1-2H3,(H,34,37). The zero-order valence-electron chi connectivity index (χ0n) is 20.9. The maximum Gasteiger partial charge on any atom is 0.389 e. The van der Waals surface area contributed by atoms with E-state index in [9.17, 15) is 26.7 Å². The number of fused-ring (bicyclic) bond motifs is 1. The normalized spacial score (nSPS) is 13.5. The van der Waals surface area contributed by atoms with Crippen LogP contribution in [0.5, 0.6) is 17.4 Å². The van der Waals surface area contributed by atoms with Gasteiger partial charge in [-0.3, -0.25) is 4.79 Å². The highest BCUT2D eigenvalue weighted by atomic mass is 19.4. The lowest BCUT2D eigenvalue weighted by Gasteiger charge is -2.13. The first-order chi connectivity index (χ1) is 18.5. The lowest BCUT2D eigenvalue weighted by Crippen LogP contribution is -2.26. The van der Waals surface area contributed by atoms with Crippen molar-refractivity contribution in [1.82, 2.24) is 19.9 Å². The molecule has 0 spiro atoms. The fourth-order valence-corrected chi connectivity index (χ4v) is 4.15. The van der Waals surface area contributed by atoms with Gasteiger partial charge in [0.1, 0.15) is 0 Å². The third-order valence-electron chi connectivity index (χ3n) is 6.32. The largest absolute Gasteiger partial charge is 0.494 e. The second-order valence-electron chi connectivity index (χ2n) is 9.28. The molecule has 1 fully saturated rings. The molecule has 2 aromatic carbocycles. The van der Waals surface area contributed by atoms with Crippen molar-refractivity contribution in [2.75, 3.05) is 7.11 Å². The van der Waals surface area contributed by atoms with E-state index in [1.165, 1.54) is 23.9 Å². The lowest BCUT2D eigenvalue weighted by atomic mass is 10.0. The summed E-state index contributed by atoms with van der Waals surface area (Å²) < 4.78 is 79.4. The summed E-state index contributed by atoms with van der Waals surface area (Å²) in [4.78, 5) is 16.8. The molecule has 1 amide bonds. The Morgan fingerprint density at radius 1 is 1.10 bits per heavy atom. The molecule has 1 saturated carbocycles. The number of carbonyl (C=O) groups excluding carboxylic acids is 1. The van der Waals surface area contributed by atoms with Gasteiger partial charge in [0.05, 0.1) is 19.0 Å². The molecular weight excluding hydrogens is 523 g/mol. The van der Waals surface area contributed by atoms with Gasteiger partial charge in [0.2, 0.25) is 17.5 Å². The Balaban J connectivity index is 1.55. The van der Waals surface area contributed by atoms with Crippen molar-refractivity contribution in [2.24, 2.45) is 0 Å². The molecule has 0 atom stereocenters. The number of hydrogen-bond acceptors (Lipinski definition) is 5. The number of imidazole rings is 1. The predicted molar refractivity (Wildman–Crippen MR) is 131 cm³/mol. The molecule has 4 aromatic rings. The Kier molecular flexibility index (Phi) is 6.87. The molecule has 1 aliphatic carbocycles. The number of hydrogen-bond donors (Lipinski definition) is 1. The summed E-state index contributed by atoms with van der Waals surface area (Å²) >= 11 is 0. The summed E-state index contributed by atoms with van der Waals surface area (Å²) in [6, 6.07) is 8.77. The Hall–Kier alpha value is -4.22. The van der Waals surface area contributed by atoms with Crippen LogP contribution in [0.2, 0.25) is 0 Å². The maximum atomic E-state index is 14.6. The van der Waals surface area contributed by atoms with Gasteiger partial charge in [-0.25, -0.2) is 9.50 Å². The van der Waals surface area contributed by atoms with Crippen molar-refractivity contribution in [3.8, 4) is 28.6 Å². The molecule has 1 aliphatic rings. The third-order valence-corrected chi connectivity index (χ3v) is 6.32. The van der Waals surface area contributed by atoms with E-state index in [0.29, 0.717) is 22.4 Å². The van der Waals surface area contributed by atoms with Gasteiger partial charge < -0.3 is 14.8 Å². The SMILES string of the molecule is COc1ccc(Oc2cc(CCC(F)(F)F)c3ncc(-c4ccc(C(=O)NC5CC5)c(C)c4)n3n2)c(F)c1F. The summed E-state index contributed by atoms with van der Waals surface area (Å²) in [5.74, 6) is -3.93. The molecule has 12 heteroatoms. The highest BCUT2D eigenvalue weighted by Gasteiger charge is 2.28. The summed E-state index contributed by atoms with van der Waals surface area (Å²) in [7, 11) is 1.18. The van der Waals surface area contributed by atoms with Gasteiger partial charge >= 0.3 is 6.18 Å². The minimum absolute atomic E-state index is 0.148. The summed E-state index contributed by atoms with van der Waals surface area (Å²) in [5.41, 5.74) is 2.48. The average molecular weight is 546 g/mol. The molecule has 39 heavy (non-hydrogen) atoms. The minimum atomic E-state index is -4.43. The van der Waals surface area contributed by atoms with Crippen molar-refractivity contribution < 1.29 is 36.2 Å². The van der Waals surface area contributed by atoms with Crippen molar-refractivity contribution in [3.63, 3.8) is 0 Å². The fourth-order valence-electron chi connectivity index (χ4n) is 4.15. The van der Waals surface area contributed by atoms with Crippen LogP contribution >= 0.6 is 0 Å². The van der Waals surface area contributed by atoms with E-state index in [2.05, 4.69) is 15.4 Å². The number of aromatic nitrogens is 3. The summed E-state index contributed by atoms with van der Waals surface area (Å²) in [5, 5.41) is 7.24. The smallest absolute Gasteiger partial charge is 0.389 e. The molecule has 0 unspecified atom stereocenters. The number of benzene rings is 2. The van der Waals surface area contributed by atoms with E-state index in [0.717, 1.165) is 25.0 Å². The first-order valence-corrected chi connectivity index (χ1v) is 12.1. The Bertz CT molecular complexity index is 1560. The van der Waals surface area contributed by atoms with E-state index in [4.69, 9.17) is 9.47 Å². The minimum Gasteiger partial charge on any atom is -0.494 e. The third kappa shape index (κ3) is 5.64. The number of nitrogens with one attached hydrogen (secondary N) is 1. The highest BCUT2D eigenvalue weighted by molar-refractivity contribution is 5.96. The van der Waals surface area contributed by atoms with Gasteiger partial charge in [-0.1, -0.05) is 6.07 Å².